The molecule has 0 amide bonds. The van der Waals surface area contributed by atoms with Crippen LogP contribution >= 0.6 is 11.6 Å². The number of unbranched alkanes of at least 4 members (excludes halogenated alkanes) is 5. The highest BCUT2D eigenvalue weighted by molar-refractivity contribution is 7.91. The van der Waals surface area contributed by atoms with Crippen LogP contribution < -0.4 is 9.64 Å². The predicted molar refractivity (Wildman–Crippen MR) is 109 cm³/mol. The Kier molecular flexibility index (Phi) is 7.72. The number of fused-ring (bicyclic) bond motifs is 1. The Morgan fingerprint density at radius 2 is 1.81 bits per heavy atom. The van der Waals surface area contributed by atoms with Gasteiger partial charge >= 0.3 is 0 Å². The summed E-state index contributed by atoms with van der Waals surface area (Å²) in [6, 6.07) is 0. The highest BCUT2D eigenvalue weighted by atomic mass is 35.5. The molecule has 7 nitrogen and oxygen atoms in total. The molecule has 1 aliphatic heterocycles. The van der Waals surface area contributed by atoms with Crippen molar-refractivity contribution in [3.63, 3.8) is 0 Å². The number of rotatable bonds is 9. The quantitative estimate of drug-likeness (QED) is 0.355. The molecule has 27 heavy (non-hydrogen) atoms. The zero-order valence-corrected chi connectivity index (χ0v) is 17.3. The third kappa shape index (κ3) is 5.56. The molecule has 1 saturated heterocycles. The summed E-state index contributed by atoms with van der Waals surface area (Å²) in [6.07, 6.45) is 8.66. The lowest BCUT2D eigenvalue weighted by Crippen LogP contribution is -2.41. The Balaban J connectivity index is 1.70. The van der Waals surface area contributed by atoms with Crippen molar-refractivity contribution in [2.45, 2.75) is 45.4 Å². The van der Waals surface area contributed by atoms with E-state index in [-0.39, 0.29) is 5.28 Å². The molecule has 3 rings (SSSR count). The summed E-state index contributed by atoms with van der Waals surface area (Å²) in [4.78, 5) is 19.3. The van der Waals surface area contributed by atoms with Crippen molar-refractivity contribution in [1.82, 2.24) is 19.9 Å². The molecule has 0 N–H and O–H groups in total. The maximum atomic E-state index is 11.6. The molecule has 0 radical (unpaired) electrons. The smallest absolute Gasteiger partial charge is 0.243 e. The van der Waals surface area contributed by atoms with Crippen LogP contribution in [-0.4, -0.2) is 55.7 Å². The first-order chi connectivity index (χ1) is 13.2. The zero-order valence-electron chi connectivity index (χ0n) is 15.7. The minimum atomic E-state index is -0.763. The van der Waals surface area contributed by atoms with Crippen molar-refractivity contribution < 1.29 is 9.29 Å². The third-order valence-electron chi connectivity index (χ3n) is 4.62. The molecule has 1 aliphatic rings. The molecule has 0 unspecified atom stereocenters. The summed E-state index contributed by atoms with van der Waals surface area (Å²) < 4.78 is 17.5. The van der Waals surface area contributed by atoms with Crippen molar-refractivity contribution in [3.8, 4) is 5.88 Å². The molecule has 148 valence electrons. The van der Waals surface area contributed by atoms with Gasteiger partial charge in [-0.15, -0.1) is 0 Å². The fourth-order valence-electron chi connectivity index (χ4n) is 3.11. The first-order valence-corrected chi connectivity index (χ1v) is 11.5. The van der Waals surface area contributed by atoms with Crippen LogP contribution in [0, 0.1) is 0 Å². The van der Waals surface area contributed by atoms with Crippen molar-refractivity contribution in [1.29, 1.82) is 0 Å². The summed E-state index contributed by atoms with van der Waals surface area (Å²) in [5.74, 6) is 2.35. The summed E-state index contributed by atoms with van der Waals surface area (Å²) in [7, 11) is 0. The van der Waals surface area contributed by atoms with Crippen LogP contribution in [0.15, 0.2) is 6.33 Å². The molecular weight excluding hydrogens is 386 g/mol. The Bertz CT molecular complexity index is 743. The Labute approximate surface area is 168 Å². The van der Waals surface area contributed by atoms with Gasteiger partial charge in [-0.2, -0.15) is 9.97 Å². The van der Waals surface area contributed by atoms with Gasteiger partial charge in [0.1, 0.15) is 23.3 Å². The average Bonchev–Trinajstić information content (AvgIpc) is 2.67. The molecule has 2 aromatic rings. The summed E-state index contributed by atoms with van der Waals surface area (Å²) in [5.41, 5.74) is 1.16. The number of anilines is 1. The lowest BCUT2D eigenvalue weighted by Gasteiger charge is -2.29. The van der Waals surface area contributed by atoms with Gasteiger partial charge in [-0.3, -0.25) is 0 Å². The van der Waals surface area contributed by atoms with Crippen LogP contribution in [0.1, 0.15) is 45.4 Å². The first kappa shape index (κ1) is 20.4. The molecule has 0 bridgehead atoms. The predicted octanol–water partition coefficient (Wildman–Crippen LogP) is 3.38. The number of hydrogen-bond acceptors (Lipinski definition) is 7. The summed E-state index contributed by atoms with van der Waals surface area (Å²) >= 11 is 5.39. The molecule has 3 heterocycles. The molecule has 0 aromatic carbocycles. The highest BCUT2D eigenvalue weighted by Gasteiger charge is 2.24. The summed E-state index contributed by atoms with van der Waals surface area (Å²) in [5, 5.41) is 0.142. The topological polar surface area (TPSA) is 87.1 Å². The van der Waals surface area contributed by atoms with Gasteiger partial charge in [0.05, 0.1) is 19.7 Å². The molecule has 0 saturated carbocycles. The number of ether oxygens (including phenoxy) is 1. The monoisotopic (exact) mass is 411 g/mol. The maximum Gasteiger partial charge on any atom is 0.243 e. The van der Waals surface area contributed by atoms with E-state index in [1.165, 1.54) is 32.0 Å². The van der Waals surface area contributed by atoms with E-state index in [4.69, 9.17) is 16.3 Å². The SMILES string of the molecule is CCCCCCCCOc1ncnc2c(N3CC[S+]([O-])CC3)nc(Cl)nc12. The van der Waals surface area contributed by atoms with Gasteiger partial charge in [-0.05, 0) is 18.0 Å². The van der Waals surface area contributed by atoms with Gasteiger partial charge < -0.3 is 14.2 Å². The lowest BCUT2D eigenvalue weighted by atomic mass is 10.1. The third-order valence-corrected chi connectivity index (χ3v) is 6.06. The largest absolute Gasteiger partial charge is 0.616 e. The van der Waals surface area contributed by atoms with Gasteiger partial charge in [0, 0.05) is 0 Å². The number of aromatic nitrogens is 4. The highest BCUT2D eigenvalue weighted by Crippen LogP contribution is 2.29. The van der Waals surface area contributed by atoms with Crippen LogP contribution in [0.4, 0.5) is 5.82 Å². The number of nitrogens with zero attached hydrogens (tertiary/aromatic N) is 5. The molecule has 0 atom stereocenters. The van der Waals surface area contributed by atoms with Gasteiger partial charge in [0.15, 0.2) is 11.3 Å². The lowest BCUT2D eigenvalue weighted by molar-refractivity contribution is 0.296. The zero-order chi connectivity index (χ0) is 19.1. The number of hydrogen-bond donors (Lipinski definition) is 0. The minimum absolute atomic E-state index is 0.142. The van der Waals surface area contributed by atoms with E-state index in [0.717, 1.165) is 12.8 Å². The van der Waals surface area contributed by atoms with Gasteiger partial charge in [-0.25, -0.2) is 9.97 Å². The normalized spacial score (nSPS) is 15.4. The van der Waals surface area contributed by atoms with Crippen molar-refractivity contribution >= 4 is 39.6 Å². The minimum Gasteiger partial charge on any atom is -0.616 e. The van der Waals surface area contributed by atoms with Gasteiger partial charge in [-0.1, -0.05) is 50.2 Å². The Hall–Kier alpha value is -1.38. The van der Waals surface area contributed by atoms with Crippen LogP contribution in [0.3, 0.4) is 0 Å². The van der Waals surface area contributed by atoms with Gasteiger partial charge in [0.2, 0.25) is 11.2 Å². The van der Waals surface area contributed by atoms with E-state index in [2.05, 4.69) is 31.8 Å². The van der Waals surface area contributed by atoms with Crippen molar-refractivity contribution in [2.24, 2.45) is 0 Å². The van der Waals surface area contributed by atoms with Crippen molar-refractivity contribution in [2.75, 3.05) is 36.1 Å². The van der Waals surface area contributed by atoms with E-state index in [9.17, 15) is 4.55 Å². The second-order valence-corrected chi connectivity index (χ2v) is 8.68. The van der Waals surface area contributed by atoms with E-state index in [1.54, 1.807) is 0 Å². The van der Waals surface area contributed by atoms with E-state index < -0.39 is 11.2 Å². The summed E-state index contributed by atoms with van der Waals surface area (Å²) in [6.45, 7) is 4.13. The maximum absolute atomic E-state index is 11.6. The van der Waals surface area contributed by atoms with E-state index in [1.807, 2.05) is 0 Å². The molecule has 2 aromatic heterocycles. The van der Waals surface area contributed by atoms with Crippen LogP contribution in [0.25, 0.3) is 11.0 Å². The number of halogens is 1. The van der Waals surface area contributed by atoms with Crippen LogP contribution in [0.2, 0.25) is 5.28 Å². The first-order valence-electron chi connectivity index (χ1n) is 9.60. The molecule has 0 spiro atoms. The molecule has 0 aliphatic carbocycles. The molecular formula is C18H26ClN5O2S. The second kappa shape index (κ2) is 10.2. The fourth-order valence-corrected chi connectivity index (χ4v) is 4.33. The second-order valence-electron chi connectivity index (χ2n) is 6.64. The van der Waals surface area contributed by atoms with Crippen LogP contribution in [-0.2, 0) is 11.2 Å². The standard InChI is InChI=1S/C18H26ClN5O2S/c1-2-3-4-5-6-7-10-26-17-15-14(20-13-21-17)16(23-18(19)22-15)24-8-11-27(25)12-9-24/h13H,2-12H2,1H3. The van der Waals surface area contributed by atoms with Crippen LogP contribution in [0.5, 0.6) is 5.88 Å². The molecule has 9 heteroatoms. The fraction of sp³-hybridized carbons (Fsp3) is 0.667. The average molecular weight is 412 g/mol. The van der Waals surface area contributed by atoms with E-state index >= 15 is 0 Å². The van der Waals surface area contributed by atoms with E-state index in [0.29, 0.717) is 53.9 Å². The van der Waals surface area contributed by atoms with Gasteiger partial charge in [0.25, 0.3) is 0 Å². The Morgan fingerprint density at radius 1 is 1.07 bits per heavy atom. The Morgan fingerprint density at radius 3 is 2.59 bits per heavy atom. The van der Waals surface area contributed by atoms with Crippen molar-refractivity contribution in [3.05, 3.63) is 11.6 Å². The molecule has 1 fully saturated rings.